The molecule has 0 aliphatic carbocycles. The summed E-state index contributed by atoms with van der Waals surface area (Å²) < 4.78 is 0. The van der Waals surface area contributed by atoms with Gasteiger partial charge in [-0.15, -0.1) is 0 Å². The first-order valence-corrected chi connectivity index (χ1v) is 5.32. The van der Waals surface area contributed by atoms with Gasteiger partial charge in [0.2, 0.25) is 5.91 Å². The van der Waals surface area contributed by atoms with Crippen molar-refractivity contribution in [2.75, 3.05) is 11.9 Å². The van der Waals surface area contributed by atoms with Gasteiger partial charge >= 0.3 is 0 Å². The first-order valence-electron chi connectivity index (χ1n) is 5.32. The van der Waals surface area contributed by atoms with E-state index < -0.39 is 5.41 Å². The predicted molar refractivity (Wildman–Crippen MR) is 65.2 cm³/mol. The van der Waals surface area contributed by atoms with E-state index in [-0.39, 0.29) is 5.91 Å². The number of hydrogen-bond donors (Lipinski definition) is 2. The van der Waals surface area contributed by atoms with Crippen LogP contribution in [0, 0.1) is 19.3 Å². The average Bonchev–Trinajstić information content (AvgIpc) is 2.15. The van der Waals surface area contributed by atoms with E-state index in [1.54, 1.807) is 0 Å². The zero-order chi connectivity index (χ0) is 12.3. The lowest BCUT2D eigenvalue weighted by Gasteiger charge is -2.21. The Labute approximate surface area is 96.3 Å². The summed E-state index contributed by atoms with van der Waals surface area (Å²) in [5, 5.41) is 2.78. The molecule has 1 heterocycles. The maximum atomic E-state index is 11.9. The summed E-state index contributed by atoms with van der Waals surface area (Å²) >= 11 is 0. The maximum absolute atomic E-state index is 11.9. The molecule has 1 rings (SSSR count). The van der Waals surface area contributed by atoms with Crippen LogP contribution in [0.3, 0.4) is 0 Å². The minimum absolute atomic E-state index is 0.104. The molecular weight excluding hydrogens is 202 g/mol. The van der Waals surface area contributed by atoms with Crippen molar-refractivity contribution in [1.82, 2.24) is 4.98 Å². The number of hydrogen-bond acceptors (Lipinski definition) is 3. The van der Waals surface area contributed by atoms with Crippen LogP contribution in [0.5, 0.6) is 0 Å². The summed E-state index contributed by atoms with van der Waals surface area (Å²) in [5.74, 6) is 0.483. The second-order valence-electron chi connectivity index (χ2n) is 4.71. The molecule has 0 bridgehead atoms. The molecule has 0 radical (unpaired) electrons. The summed E-state index contributed by atoms with van der Waals surface area (Å²) in [4.78, 5) is 16.1. The van der Waals surface area contributed by atoms with Gasteiger partial charge in [-0.05, 0) is 45.4 Å². The smallest absolute Gasteiger partial charge is 0.232 e. The van der Waals surface area contributed by atoms with Crippen molar-refractivity contribution in [3.05, 3.63) is 23.4 Å². The zero-order valence-corrected chi connectivity index (χ0v) is 10.3. The minimum atomic E-state index is -0.570. The topological polar surface area (TPSA) is 68.0 Å². The molecule has 0 saturated heterocycles. The van der Waals surface area contributed by atoms with Crippen LogP contribution in [0.25, 0.3) is 0 Å². The van der Waals surface area contributed by atoms with Gasteiger partial charge in [-0.2, -0.15) is 0 Å². The molecule has 1 aromatic rings. The van der Waals surface area contributed by atoms with Crippen molar-refractivity contribution in [3.8, 4) is 0 Å². The molecule has 0 atom stereocenters. The molecule has 1 aromatic heterocycles. The van der Waals surface area contributed by atoms with Gasteiger partial charge in [0.25, 0.3) is 0 Å². The molecule has 1 amide bonds. The Morgan fingerprint density at radius 2 is 2.06 bits per heavy atom. The third-order valence-electron chi connectivity index (χ3n) is 2.46. The first kappa shape index (κ1) is 12.6. The van der Waals surface area contributed by atoms with E-state index in [9.17, 15) is 4.79 Å². The monoisotopic (exact) mass is 221 g/mol. The van der Waals surface area contributed by atoms with Gasteiger partial charge in [0.15, 0.2) is 0 Å². The molecule has 0 fully saturated rings. The number of amides is 1. The third kappa shape index (κ3) is 3.03. The lowest BCUT2D eigenvalue weighted by Crippen LogP contribution is -2.37. The Morgan fingerprint density at radius 3 is 2.56 bits per heavy atom. The van der Waals surface area contributed by atoms with Gasteiger partial charge < -0.3 is 11.1 Å². The molecule has 0 saturated carbocycles. The Balaban J connectivity index is 2.85. The van der Waals surface area contributed by atoms with E-state index in [1.807, 2.05) is 39.8 Å². The fourth-order valence-corrected chi connectivity index (χ4v) is 1.28. The molecule has 0 unspecified atom stereocenters. The molecule has 4 nitrogen and oxygen atoms in total. The standard InChI is InChI=1S/C12H19N3O/c1-8-5-9(2)14-10(6-8)15-11(16)12(3,4)7-13/h5-6H,7,13H2,1-4H3,(H,14,15,16). The summed E-state index contributed by atoms with van der Waals surface area (Å²) in [6.45, 7) is 7.80. The van der Waals surface area contributed by atoms with Crippen LogP contribution in [0.2, 0.25) is 0 Å². The number of aryl methyl sites for hydroxylation is 2. The zero-order valence-electron chi connectivity index (χ0n) is 10.3. The molecule has 4 heteroatoms. The van der Waals surface area contributed by atoms with Gasteiger partial charge in [0.1, 0.15) is 5.82 Å². The highest BCUT2D eigenvalue weighted by atomic mass is 16.2. The Morgan fingerprint density at radius 1 is 1.44 bits per heavy atom. The van der Waals surface area contributed by atoms with Crippen LogP contribution in [-0.4, -0.2) is 17.4 Å². The summed E-state index contributed by atoms with van der Waals surface area (Å²) in [6.07, 6.45) is 0. The van der Waals surface area contributed by atoms with E-state index in [2.05, 4.69) is 10.3 Å². The number of aromatic nitrogens is 1. The van der Waals surface area contributed by atoms with Crippen LogP contribution < -0.4 is 11.1 Å². The van der Waals surface area contributed by atoms with Gasteiger partial charge in [0, 0.05) is 12.2 Å². The van der Waals surface area contributed by atoms with Crippen molar-refractivity contribution in [1.29, 1.82) is 0 Å². The normalized spacial score (nSPS) is 11.3. The minimum Gasteiger partial charge on any atom is -0.329 e. The molecule has 0 aromatic carbocycles. The molecule has 16 heavy (non-hydrogen) atoms. The predicted octanol–water partition coefficient (Wildman–Crippen LogP) is 1.62. The van der Waals surface area contributed by atoms with E-state index in [4.69, 9.17) is 5.73 Å². The molecule has 0 aliphatic rings. The van der Waals surface area contributed by atoms with Gasteiger partial charge in [0.05, 0.1) is 5.41 Å². The summed E-state index contributed by atoms with van der Waals surface area (Å²) in [5.41, 5.74) is 6.94. The lowest BCUT2D eigenvalue weighted by atomic mass is 9.93. The maximum Gasteiger partial charge on any atom is 0.232 e. The fourth-order valence-electron chi connectivity index (χ4n) is 1.28. The number of carbonyl (C=O) groups excluding carboxylic acids is 1. The van der Waals surface area contributed by atoms with Crippen molar-refractivity contribution in [3.63, 3.8) is 0 Å². The number of nitrogens with two attached hydrogens (primary N) is 1. The molecule has 0 aliphatic heterocycles. The number of nitrogens with one attached hydrogen (secondary N) is 1. The Bertz CT molecular complexity index is 379. The lowest BCUT2D eigenvalue weighted by molar-refractivity contribution is -0.123. The average molecular weight is 221 g/mol. The van der Waals surface area contributed by atoms with Crippen molar-refractivity contribution in [2.45, 2.75) is 27.7 Å². The highest BCUT2D eigenvalue weighted by Gasteiger charge is 2.26. The van der Waals surface area contributed by atoms with Crippen molar-refractivity contribution >= 4 is 11.7 Å². The Kier molecular flexibility index (Phi) is 3.65. The van der Waals surface area contributed by atoms with E-state index in [1.165, 1.54) is 0 Å². The van der Waals surface area contributed by atoms with E-state index in [0.717, 1.165) is 11.3 Å². The molecule has 0 spiro atoms. The Hall–Kier alpha value is -1.42. The summed E-state index contributed by atoms with van der Waals surface area (Å²) in [7, 11) is 0. The number of nitrogens with zero attached hydrogens (tertiary/aromatic N) is 1. The van der Waals surface area contributed by atoms with Crippen LogP contribution in [0.1, 0.15) is 25.1 Å². The molecule has 88 valence electrons. The van der Waals surface area contributed by atoms with E-state index >= 15 is 0 Å². The number of pyridine rings is 1. The quantitative estimate of drug-likeness (QED) is 0.815. The SMILES string of the molecule is Cc1cc(C)nc(NC(=O)C(C)(C)CN)c1. The first-order chi connectivity index (χ1) is 7.35. The van der Waals surface area contributed by atoms with Crippen LogP contribution in [0.15, 0.2) is 12.1 Å². The highest BCUT2D eigenvalue weighted by Crippen LogP contribution is 2.16. The van der Waals surface area contributed by atoms with Crippen LogP contribution in [-0.2, 0) is 4.79 Å². The second kappa shape index (κ2) is 4.61. The largest absolute Gasteiger partial charge is 0.329 e. The van der Waals surface area contributed by atoms with Crippen LogP contribution in [0.4, 0.5) is 5.82 Å². The number of carbonyl (C=O) groups is 1. The van der Waals surface area contributed by atoms with Gasteiger partial charge in [-0.3, -0.25) is 4.79 Å². The van der Waals surface area contributed by atoms with Gasteiger partial charge in [-0.1, -0.05) is 0 Å². The highest BCUT2D eigenvalue weighted by molar-refractivity contribution is 5.94. The third-order valence-corrected chi connectivity index (χ3v) is 2.46. The molecular formula is C12H19N3O. The molecule has 3 N–H and O–H groups in total. The second-order valence-corrected chi connectivity index (χ2v) is 4.71. The van der Waals surface area contributed by atoms with Crippen molar-refractivity contribution < 1.29 is 4.79 Å². The van der Waals surface area contributed by atoms with Crippen molar-refractivity contribution in [2.24, 2.45) is 11.1 Å². The van der Waals surface area contributed by atoms with E-state index in [0.29, 0.717) is 12.4 Å². The van der Waals surface area contributed by atoms with Crippen LogP contribution >= 0.6 is 0 Å². The number of rotatable bonds is 3. The summed E-state index contributed by atoms with van der Waals surface area (Å²) in [6, 6.07) is 3.81. The van der Waals surface area contributed by atoms with Gasteiger partial charge in [-0.25, -0.2) is 4.98 Å². The number of anilines is 1. The fraction of sp³-hybridized carbons (Fsp3) is 0.500.